The normalized spacial score (nSPS) is 16.4. The zero-order valence-electron chi connectivity index (χ0n) is 18.1. The summed E-state index contributed by atoms with van der Waals surface area (Å²) in [6, 6.07) is 7.70. The van der Waals surface area contributed by atoms with Crippen LogP contribution in [0, 0.1) is 0 Å². The number of imidazole rings is 1. The first-order valence-corrected chi connectivity index (χ1v) is 10.8. The second-order valence-corrected chi connectivity index (χ2v) is 8.81. The third kappa shape index (κ3) is 3.60. The molecule has 1 fully saturated rings. The summed E-state index contributed by atoms with van der Waals surface area (Å²) in [6.07, 6.45) is 2.86. The molecule has 1 saturated heterocycles. The minimum absolute atomic E-state index is 0.0575. The zero-order chi connectivity index (χ0) is 22.5. The van der Waals surface area contributed by atoms with E-state index in [4.69, 9.17) is 4.52 Å². The van der Waals surface area contributed by atoms with E-state index in [1.807, 2.05) is 24.3 Å². The molecule has 0 bridgehead atoms. The van der Waals surface area contributed by atoms with Gasteiger partial charge in [-0.15, -0.1) is 0 Å². The molecule has 0 radical (unpaired) electrons. The Bertz CT molecular complexity index is 1320. The Labute approximate surface area is 183 Å². The maximum absolute atomic E-state index is 13.6. The molecule has 1 aromatic carbocycles. The van der Waals surface area contributed by atoms with Crippen molar-refractivity contribution in [1.82, 2.24) is 29.0 Å². The number of hydrogen-bond acceptors (Lipinski definition) is 8. The van der Waals surface area contributed by atoms with E-state index in [1.165, 1.54) is 0 Å². The van der Waals surface area contributed by atoms with Gasteiger partial charge >= 0.3 is 0 Å². The van der Waals surface area contributed by atoms with Gasteiger partial charge in [0, 0.05) is 26.2 Å². The first-order valence-electron chi connectivity index (χ1n) is 10.8. The Morgan fingerprint density at radius 2 is 1.88 bits per heavy atom. The maximum Gasteiger partial charge on any atom is 0.277 e. The van der Waals surface area contributed by atoms with Gasteiger partial charge in [0.1, 0.15) is 23.1 Å². The van der Waals surface area contributed by atoms with Crippen LogP contribution >= 0.6 is 0 Å². The molecule has 0 saturated carbocycles. The lowest BCUT2D eigenvalue weighted by atomic mass is 10.1. The summed E-state index contributed by atoms with van der Waals surface area (Å²) in [5.41, 5.74) is 0.853. The Balaban J connectivity index is 1.60. The Hall–Kier alpha value is -3.08. The van der Waals surface area contributed by atoms with Crippen molar-refractivity contribution in [2.24, 2.45) is 0 Å². The highest BCUT2D eigenvalue weighted by molar-refractivity contribution is 5.83. The molecule has 168 valence electrons. The van der Waals surface area contributed by atoms with E-state index < -0.39 is 5.60 Å². The molecular formula is C22H26N6O4. The summed E-state index contributed by atoms with van der Waals surface area (Å²) < 4.78 is 8.71. The molecule has 5 rings (SSSR count). The van der Waals surface area contributed by atoms with Crippen molar-refractivity contribution < 1.29 is 14.7 Å². The van der Waals surface area contributed by atoms with Gasteiger partial charge < -0.3 is 24.2 Å². The van der Waals surface area contributed by atoms with Gasteiger partial charge in [-0.05, 0) is 38.8 Å². The molecular weight excluding hydrogens is 412 g/mol. The fraction of sp³-hybridized carbons (Fsp3) is 0.455. The molecule has 3 aromatic heterocycles. The number of fused-ring (bicyclic) bond motifs is 3. The van der Waals surface area contributed by atoms with Crippen LogP contribution < -0.4 is 5.56 Å². The standard InChI is InChI=1S/C22H26N6O4/c1-22(2,31)21-24-19(25-32-21)17-18-20(30)27(12-11-26-9-7-14(29)8-10-26)15-5-3-4-6-16(15)28(18)13-23-17/h3-6,13-14,29,31H,7-12H2,1-2H3. The van der Waals surface area contributed by atoms with Gasteiger partial charge in [0.25, 0.3) is 11.4 Å². The number of aromatic nitrogens is 5. The van der Waals surface area contributed by atoms with Crippen molar-refractivity contribution in [2.75, 3.05) is 19.6 Å². The summed E-state index contributed by atoms with van der Waals surface area (Å²) in [7, 11) is 0. The van der Waals surface area contributed by atoms with Crippen LogP contribution in [-0.2, 0) is 12.1 Å². The number of aliphatic hydroxyl groups excluding tert-OH is 1. The number of benzene rings is 1. The molecule has 4 aromatic rings. The van der Waals surface area contributed by atoms with Gasteiger partial charge in [0.05, 0.1) is 17.1 Å². The lowest BCUT2D eigenvalue weighted by molar-refractivity contribution is 0.0420. The fourth-order valence-corrected chi connectivity index (χ4v) is 4.21. The molecule has 0 spiro atoms. The molecule has 1 aliphatic heterocycles. The number of para-hydroxylation sites is 2. The van der Waals surface area contributed by atoms with Crippen LogP contribution in [0.1, 0.15) is 32.6 Å². The third-order valence-electron chi connectivity index (χ3n) is 6.01. The van der Waals surface area contributed by atoms with E-state index in [1.54, 1.807) is 29.1 Å². The molecule has 0 amide bonds. The van der Waals surface area contributed by atoms with Crippen molar-refractivity contribution in [2.45, 2.75) is 44.9 Å². The summed E-state index contributed by atoms with van der Waals surface area (Å²) in [4.78, 5) is 24.6. The molecule has 10 heteroatoms. The van der Waals surface area contributed by atoms with Crippen LogP contribution in [0.5, 0.6) is 0 Å². The van der Waals surface area contributed by atoms with E-state index in [-0.39, 0.29) is 23.4 Å². The van der Waals surface area contributed by atoms with E-state index in [2.05, 4.69) is 20.0 Å². The predicted octanol–water partition coefficient (Wildman–Crippen LogP) is 1.38. The monoisotopic (exact) mass is 438 g/mol. The van der Waals surface area contributed by atoms with Gasteiger partial charge in [0.2, 0.25) is 5.82 Å². The van der Waals surface area contributed by atoms with Gasteiger partial charge in [-0.3, -0.25) is 9.20 Å². The molecule has 4 heterocycles. The lowest BCUT2D eigenvalue weighted by Crippen LogP contribution is -2.39. The summed E-state index contributed by atoms with van der Waals surface area (Å²) in [6.45, 7) is 5.96. The largest absolute Gasteiger partial charge is 0.393 e. The number of rotatable bonds is 5. The van der Waals surface area contributed by atoms with Crippen molar-refractivity contribution >= 4 is 16.6 Å². The SMILES string of the molecule is CC(C)(O)c1nc(-c2ncn3c2c(=O)n(CCN2CCC(O)CC2)c2ccccc23)no1. The first-order chi connectivity index (χ1) is 15.3. The highest BCUT2D eigenvalue weighted by Gasteiger charge is 2.27. The van der Waals surface area contributed by atoms with Crippen molar-refractivity contribution in [3.8, 4) is 11.5 Å². The minimum Gasteiger partial charge on any atom is -0.393 e. The Morgan fingerprint density at radius 1 is 1.16 bits per heavy atom. The molecule has 0 unspecified atom stereocenters. The zero-order valence-corrected chi connectivity index (χ0v) is 18.1. The van der Waals surface area contributed by atoms with Crippen LogP contribution in [0.2, 0.25) is 0 Å². The number of aliphatic hydroxyl groups is 2. The van der Waals surface area contributed by atoms with Crippen LogP contribution in [0.4, 0.5) is 0 Å². The van der Waals surface area contributed by atoms with Crippen LogP contribution in [0.15, 0.2) is 39.9 Å². The number of likely N-dealkylation sites (tertiary alicyclic amines) is 1. The van der Waals surface area contributed by atoms with Gasteiger partial charge in [-0.25, -0.2) is 4.98 Å². The number of hydrogen-bond donors (Lipinski definition) is 2. The highest BCUT2D eigenvalue weighted by Crippen LogP contribution is 2.25. The topological polar surface area (TPSA) is 122 Å². The number of nitrogens with zero attached hydrogens (tertiary/aromatic N) is 6. The summed E-state index contributed by atoms with van der Waals surface area (Å²) >= 11 is 0. The molecule has 10 nitrogen and oxygen atoms in total. The highest BCUT2D eigenvalue weighted by atomic mass is 16.5. The summed E-state index contributed by atoms with van der Waals surface area (Å²) in [5.74, 6) is 0.218. The van der Waals surface area contributed by atoms with Crippen LogP contribution in [0.3, 0.4) is 0 Å². The van der Waals surface area contributed by atoms with E-state index in [0.29, 0.717) is 24.3 Å². The lowest BCUT2D eigenvalue weighted by Gasteiger charge is -2.29. The van der Waals surface area contributed by atoms with Gasteiger partial charge in [-0.1, -0.05) is 17.3 Å². The molecule has 2 N–H and O–H groups in total. The van der Waals surface area contributed by atoms with E-state index >= 15 is 0 Å². The Kier molecular flexibility index (Phi) is 5.07. The summed E-state index contributed by atoms with van der Waals surface area (Å²) in [5, 5.41) is 23.9. The van der Waals surface area contributed by atoms with Gasteiger partial charge in [0.15, 0.2) is 0 Å². The van der Waals surface area contributed by atoms with E-state index in [9.17, 15) is 15.0 Å². The smallest absolute Gasteiger partial charge is 0.277 e. The van der Waals surface area contributed by atoms with E-state index in [0.717, 1.165) is 37.0 Å². The minimum atomic E-state index is -1.30. The third-order valence-corrected chi connectivity index (χ3v) is 6.01. The van der Waals surface area contributed by atoms with Crippen LogP contribution in [0.25, 0.3) is 28.1 Å². The molecule has 32 heavy (non-hydrogen) atoms. The average Bonchev–Trinajstić information content (AvgIpc) is 3.42. The van der Waals surface area contributed by atoms with Crippen molar-refractivity contribution in [3.05, 3.63) is 46.8 Å². The molecule has 0 aliphatic carbocycles. The van der Waals surface area contributed by atoms with Crippen molar-refractivity contribution in [1.29, 1.82) is 0 Å². The predicted molar refractivity (Wildman–Crippen MR) is 117 cm³/mol. The van der Waals surface area contributed by atoms with Gasteiger partial charge in [-0.2, -0.15) is 4.98 Å². The second kappa shape index (κ2) is 7.80. The second-order valence-electron chi connectivity index (χ2n) is 8.81. The van der Waals surface area contributed by atoms with Crippen molar-refractivity contribution in [3.63, 3.8) is 0 Å². The van der Waals surface area contributed by atoms with Crippen LogP contribution in [-0.4, -0.2) is 64.9 Å². The average molecular weight is 438 g/mol. The molecule has 0 atom stereocenters. The quantitative estimate of drug-likeness (QED) is 0.479. The maximum atomic E-state index is 13.6. The number of piperidine rings is 1. The Morgan fingerprint density at radius 3 is 2.56 bits per heavy atom. The first kappa shape index (κ1) is 20.8. The fourth-order valence-electron chi connectivity index (χ4n) is 4.21. The molecule has 1 aliphatic rings.